The molecule has 2 saturated heterocycles. The molecule has 6 nitrogen and oxygen atoms in total. The fourth-order valence-electron chi connectivity index (χ4n) is 4.26. The third-order valence-corrected chi connectivity index (χ3v) is 5.90. The molecule has 3 rings (SSSR count). The van der Waals surface area contributed by atoms with Crippen molar-refractivity contribution in [3.8, 4) is 0 Å². The van der Waals surface area contributed by atoms with Gasteiger partial charge in [0.25, 0.3) is 0 Å². The number of rotatable bonds is 3. The summed E-state index contributed by atoms with van der Waals surface area (Å²) >= 11 is 0. The minimum Gasteiger partial charge on any atom is -0.342 e. The van der Waals surface area contributed by atoms with Gasteiger partial charge < -0.3 is 15.5 Å². The van der Waals surface area contributed by atoms with E-state index in [1.54, 1.807) is 0 Å². The number of hydrogen-bond acceptors (Lipinski definition) is 4. The van der Waals surface area contributed by atoms with Crippen molar-refractivity contribution in [3.63, 3.8) is 0 Å². The third kappa shape index (κ3) is 5.72. The van der Waals surface area contributed by atoms with Gasteiger partial charge in [-0.05, 0) is 25.7 Å². The highest BCUT2D eigenvalue weighted by atomic mass is 35.5. The molecular formula is C18H34Cl2N4O2. The Morgan fingerprint density at radius 1 is 0.731 bits per heavy atom. The number of hydrogen-bond donors (Lipinski definition) is 1. The van der Waals surface area contributed by atoms with Crippen LogP contribution in [0.5, 0.6) is 0 Å². The maximum absolute atomic E-state index is 12.6. The zero-order valence-corrected chi connectivity index (χ0v) is 17.3. The standard InChI is InChI=1S/C18H32N4O2.2ClH/c19-18(7-3-4-8-18)17(24)22-13-11-20(12-14-22)15-16(23)21-9-5-1-2-6-10-21;;/h1-15,19H2;2*1H. The lowest BCUT2D eigenvalue weighted by atomic mass is 9.97. The Labute approximate surface area is 169 Å². The first kappa shape index (κ1) is 23.5. The Bertz CT molecular complexity index is 456. The molecule has 2 N–H and O–H groups in total. The quantitative estimate of drug-likeness (QED) is 0.770. The third-order valence-electron chi connectivity index (χ3n) is 5.90. The van der Waals surface area contributed by atoms with Crippen molar-refractivity contribution in [2.75, 3.05) is 45.8 Å². The molecule has 0 unspecified atom stereocenters. The summed E-state index contributed by atoms with van der Waals surface area (Å²) in [4.78, 5) is 31.3. The summed E-state index contributed by atoms with van der Waals surface area (Å²) < 4.78 is 0. The summed E-state index contributed by atoms with van der Waals surface area (Å²) in [6.45, 7) is 5.27. The molecule has 0 spiro atoms. The lowest BCUT2D eigenvalue weighted by Gasteiger charge is -2.38. The Hall–Kier alpha value is -0.560. The summed E-state index contributed by atoms with van der Waals surface area (Å²) in [5.74, 6) is 0.376. The Balaban J connectivity index is 0.00000169. The highest BCUT2D eigenvalue weighted by molar-refractivity contribution is 5.86. The van der Waals surface area contributed by atoms with Gasteiger partial charge in [0.1, 0.15) is 0 Å². The van der Waals surface area contributed by atoms with Crippen LogP contribution in [0.2, 0.25) is 0 Å². The van der Waals surface area contributed by atoms with E-state index in [0.29, 0.717) is 19.6 Å². The van der Waals surface area contributed by atoms with Gasteiger partial charge in [-0.15, -0.1) is 24.8 Å². The minimum absolute atomic E-state index is 0. The van der Waals surface area contributed by atoms with Crippen LogP contribution in [0.25, 0.3) is 0 Å². The van der Waals surface area contributed by atoms with Gasteiger partial charge in [-0.2, -0.15) is 0 Å². The zero-order valence-electron chi connectivity index (χ0n) is 15.7. The van der Waals surface area contributed by atoms with Crippen molar-refractivity contribution < 1.29 is 9.59 Å². The average molecular weight is 409 g/mol. The summed E-state index contributed by atoms with van der Waals surface area (Å²) in [5.41, 5.74) is 5.67. The van der Waals surface area contributed by atoms with E-state index in [4.69, 9.17) is 5.73 Å². The van der Waals surface area contributed by atoms with Gasteiger partial charge in [-0.3, -0.25) is 14.5 Å². The Kier molecular flexibility index (Phi) is 9.65. The van der Waals surface area contributed by atoms with Crippen molar-refractivity contribution in [2.45, 2.75) is 56.9 Å². The molecule has 0 bridgehead atoms. The molecule has 0 aromatic heterocycles. The van der Waals surface area contributed by atoms with Crippen LogP contribution in [-0.4, -0.2) is 77.9 Å². The van der Waals surface area contributed by atoms with E-state index < -0.39 is 5.54 Å². The van der Waals surface area contributed by atoms with Crippen LogP contribution in [0.4, 0.5) is 0 Å². The van der Waals surface area contributed by atoms with Gasteiger partial charge in [0, 0.05) is 39.3 Å². The SMILES string of the molecule is Cl.Cl.NC1(C(=O)N2CCN(CC(=O)N3CCCCCC3)CC2)CCCC1. The monoisotopic (exact) mass is 408 g/mol. The normalized spacial score (nSPS) is 23.6. The van der Waals surface area contributed by atoms with Gasteiger partial charge in [-0.25, -0.2) is 0 Å². The molecule has 152 valence electrons. The minimum atomic E-state index is -0.621. The molecule has 1 saturated carbocycles. The molecule has 0 atom stereocenters. The van der Waals surface area contributed by atoms with Crippen LogP contribution in [0.1, 0.15) is 51.4 Å². The molecule has 26 heavy (non-hydrogen) atoms. The van der Waals surface area contributed by atoms with E-state index in [-0.39, 0.29) is 36.6 Å². The predicted octanol–water partition coefficient (Wildman–Crippen LogP) is 1.65. The van der Waals surface area contributed by atoms with Crippen molar-refractivity contribution in [2.24, 2.45) is 5.73 Å². The number of amides is 2. The fraction of sp³-hybridized carbons (Fsp3) is 0.889. The topological polar surface area (TPSA) is 69.9 Å². The summed E-state index contributed by atoms with van der Waals surface area (Å²) in [6, 6.07) is 0. The number of nitrogens with two attached hydrogens (primary N) is 1. The second-order valence-electron chi connectivity index (χ2n) is 7.73. The van der Waals surface area contributed by atoms with Crippen LogP contribution in [-0.2, 0) is 9.59 Å². The molecule has 0 aromatic rings. The number of halogens is 2. The number of carbonyl (C=O) groups is 2. The van der Waals surface area contributed by atoms with Gasteiger partial charge in [0.05, 0.1) is 12.1 Å². The largest absolute Gasteiger partial charge is 0.342 e. The van der Waals surface area contributed by atoms with Crippen molar-refractivity contribution in [1.82, 2.24) is 14.7 Å². The molecule has 3 fully saturated rings. The van der Waals surface area contributed by atoms with Crippen molar-refractivity contribution in [1.29, 1.82) is 0 Å². The number of carbonyl (C=O) groups excluding carboxylic acids is 2. The first-order valence-corrected chi connectivity index (χ1v) is 9.67. The number of likely N-dealkylation sites (tertiary alicyclic amines) is 1. The smallest absolute Gasteiger partial charge is 0.242 e. The van der Waals surface area contributed by atoms with Gasteiger partial charge >= 0.3 is 0 Å². The van der Waals surface area contributed by atoms with Crippen LogP contribution in [0.15, 0.2) is 0 Å². The molecular weight excluding hydrogens is 375 g/mol. The summed E-state index contributed by atoms with van der Waals surface area (Å²) in [6.07, 6.45) is 8.51. The van der Waals surface area contributed by atoms with E-state index in [2.05, 4.69) is 4.90 Å². The number of nitrogens with zero attached hydrogens (tertiary/aromatic N) is 3. The lowest BCUT2D eigenvalue weighted by molar-refractivity contribution is -0.139. The molecule has 8 heteroatoms. The molecule has 3 aliphatic rings. The average Bonchev–Trinajstić information content (AvgIpc) is 2.86. The number of piperazine rings is 1. The van der Waals surface area contributed by atoms with Gasteiger partial charge in [-0.1, -0.05) is 25.7 Å². The predicted molar refractivity (Wildman–Crippen MR) is 108 cm³/mol. The first-order valence-electron chi connectivity index (χ1n) is 9.67. The van der Waals surface area contributed by atoms with Crippen LogP contribution >= 0.6 is 24.8 Å². The van der Waals surface area contributed by atoms with E-state index in [1.807, 2.05) is 9.80 Å². The first-order chi connectivity index (χ1) is 11.6. The van der Waals surface area contributed by atoms with Gasteiger partial charge in [0.2, 0.25) is 11.8 Å². The molecule has 0 aromatic carbocycles. The molecule has 0 radical (unpaired) electrons. The fourth-order valence-corrected chi connectivity index (χ4v) is 4.26. The highest BCUT2D eigenvalue weighted by Gasteiger charge is 2.40. The summed E-state index contributed by atoms with van der Waals surface area (Å²) in [7, 11) is 0. The maximum atomic E-state index is 12.6. The summed E-state index contributed by atoms with van der Waals surface area (Å²) in [5, 5.41) is 0. The van der Waals surface area contributed by atoms with Crippen molar-refractivity contribution >= 4 is 36.6 Å². The highest BCUT2D eigenvalue weighted by Crippen LogP contribution is 2.29. The van der Waals surface area contributed by atoms with E-state index >= 15 is 0 Å². The molecule has 2 heterocycles. The van der Waals surface area contributed by atoms with Crippen LogP contribution in [0.3, 0.4) is 0 Å². The molecule has 1 aliphatic carbocycles. The maximum Gasteiger partial charge on any atom is 0.242 e. The van der Waals surface area contributed by atoms with Crippen LogP contribution in [0, 0.1) is 0 Å². The second kappa shape index (κ2) is 10.7. The van der Waals surface area contributed by atoms with E-state index in [1.165, 1.54) is 12.8 Å². The lowest BCUT2D eigenvalue weighted by Crippen LogP contribution is -2.59. The van der Waals surface area contributed by atoms with Crippen LogP contribution < -0.4 is 5.73 Å². The second-order valence-corrected chi connectivity index (χ2v) is 7.73. The van der Waals surface area contributed by atoms with Crippen molar-refractivity contribution in [3.05, 3.63) is 0 Å². The van der Waals surface area contributed by atoms with E-state index in [0.717, 1.165) is 64.7 Å². The van der Waals surface area contributed by atoms with Gasteiger partial charge in [0.15, 0.2) is 0 Å². The molecule has 2 aliphatic heterocycles. The zero-order chi connectivity index (χ0) is 17.0. The molecule has 2 amide bonds. The Morgan fingerprint density at radius 3 is 1.81 bits per heavy atom. The Morgan fingerprint density at radius 2 is 1.27 bits per heavy atom. The van der Waals surface area contributed by atoms with E-state index in [9.17, 15) is 9.59 Å².